The minimum atomic E-state index is -0.612. The number of esters is 1. The zero-order valence-corrected chi connectivity index (χ0v) is 17.4. The van der Waals surface area contributed by atoms with E-state index in [4.69, 9.17) is 9.15 Å². The lowest BCUT2D eigenvalue weighted by Crippen LogP contribution is -2.38. The Hall–Kier alpha value is -3.45. The molecule has 152 valence electrons. The van der Waals surface area contributed by atoms with E-state index in [2.05, 4.69) is 4.99 Å². The van der Waals surface area contributed by atoms with Gasteiger partial charge in [0.1, 0.15) is 5.76 Å². The number of allylic oxidation sites excluding steroid dienone is 2. The maximum Gasteiger partial charge on any atom is 0.338 e. The number of hydrogen-bond donors (Lipinski definition) is 0. The Bertz CT molecular complexity index is 1300. The molecule has 6 nitrogen and oxygen atoms in total. The lowest BCUT2D eigenvalue weighted by atomic mass is 10.0. The van der Waals surface area contributed by atoms with Crippen molar-refractivity contribution in [2.75, 3.05) is 6.61 Å². The SMILES string of the molecule is CCOC(=O)C1=C(C)N=c2s/c(=C/c3ccco3)c(=O)n2[C@H]1/C=C\c1ccccc1. The highest BCUT2D eigenvalue weighted by Gasteiger charge is 2.30. The number of nitrogens with zero attached hydrogens (tertiary/aromatic N) is 2. The highest BCUT2D eigenvalue weighted by atomic mass is 32.1. The van der Waals surface area contributed by atoms with Gasteiger partial charge in [-0.1, -0.05) is 53.8 Å². The summed E-state index contributed by atoms with van der Waals surface area (Å²) in [5.41, 5.74) is 1.64. The predicted molar refractivity (Wildman–Crippen MR) is 115 cm³/mol. The molecule has 0 fully saturated rings. The van der Waals surface area contributed by atoms with Gasteiger partial charge in [0.2, 0.25) is 0 Å². The first kappa shape index (κ1) is 19.8. The van der Waals surface area contributed by atoms with Crippen LogP contribution in [0, 0.1) is 0 Å². The number of furan rings is 1. The molecular weight excluding hydrogens is 400 g/mol. The Balaban J connectivity index is 1.88. The number of carbonyl (C=O) groups is 1. The van der Waals surface area contributed by atoms with Crippen LogP contribution in [0.3, 0.4) is 0 Å². The topological polar surface area (TPSA) is 73.8 Å². The molecule has 1 aromatic carbocycles. The third-order valence-electron chi connectivity index (χ3n) is 4.65. The molecule has 0 N–H and O–H groups in total. The zero-order chi connectivity index (χ0) is 21.1. The van der Waals surface area contributed by atoms with Crippen LogP contribution >= 0.6 is 11.3 Å². The summed E-state index contributed by atoms with van der Waals surface area (Å²) in [6.45, 7) is 3.76. The third kappa shape index (κ3) is 3.84. The molecule has 30 heavy (non-hydrogen) atoms. The van der Waals surface area contributed by atoms with Crippen molar-refractivity contribution in [2.24, 2.45) is 4.99 Å². The summed E-state index contributed by atoms with van der Waals surface area (Å²) >= 11 is 1.26. The summed E-state index contributed by atoms with van der Waals surface area (Å²) < 4.78 is 12.6. The smallest absolute Gasteiger partial charge is 0.338 e. The number of aromatic nitrogens is 1. The summed E-state index contributed by atoms with van der Waals surface area (Å²) in [5.74, 6) is 0.111. The molecule has 0 unspecified atom stereocenters. The monoisotopic (exact) mass is 420 g/mol. The zero-order valence-electron chi connectivity index (χ0n) is 16.6. The summed E-state index contributed by atoms with van der Waals surface area (Å²) in [4.78, 5) is 31.0. The minimum absolute atomic E-state index is 0.229. The van der Waals surface area contributed by atoms with E-state index in [1.807, 2.05) is 42.5 Å². The maximum absolute atomic E-state index is 13.2. The number of ether oxygens (including phenoxy) is 1. The van der Waals surface area contributed by atoms with Crippen molar-refractivity contribution >= 4 is 29.5 Å². The van der Waals surface area contributed by atoms with Crippen LogP contribution in [0.5, 0.6) is 0 Å². The summed E-state index contributed by atoms with van der Waals surface area (Å²) in [7, 11) is 0. The molecule has 7 heteroatoms. The molecule has 1 aliphatic rings. The highest BCUT2D eigenvalue weighted by molar-refractivity contribution is 7.07. The maximum atomic E-state index is 13.2. The van der Waals surface area contributed by atoms with Crippen molar-refractivity contribution in [2.45, 2.75) is 19.9 Å². The molecule has 0 radical (unpaired) electrons. The van der Waals surface area contributed by atoms with E-state index in [0.717, 1.165) is 5.56 Å². The molecular formula is C23H20N2O4S. The quantitative estimate of drug-likeness (QED) is 0.595. The first-order valence-electron chi connectivity index (χ1n) is 9.55. The Labute approximate surface area is 176 Å². The van der Waals surface area contributed by atoms with Crippen LogP contribution in [0.15, 0.2) is 80.3 Å². The molecule has 0 amide bonds. The van der Waals surface area contributed by atoms with Crippen LogP contribution in [-0.4, -0.2) is 17.1 Å². The number of thiazole rings is 1. The van der Waals surface area contributed by atoms with Crippen molar-refractivity contribution in [3.63, 3.8) is 0 Å². The second-order valence-electron chi connectivity index (χ2n) is 6.63. The first-order valence-corrected chi connectivity index (χ1v) is 10.4. The van der Waals surface area contributed by atoms with Crippen LogP contribution in [-0.2, 0) is 9.53 Å². The Morgan fingerprint density at radius 3 is 2.77 bits per heavy atom. The van der Waals surface area contributed by atoms with Gasteiger partial charge in [0.05, 0.1) is 34.7 Å². The first-order chi connectivity index (χ1) is 14.6. The van der Waals surface area contributed by atoms with Crippen LogP contribution < -0.4 is 14.9 Å². The summed E-state index contributed by atoms with van der Waals surface area (Å²) in [6.07, 6.45) is 6.98. The van der Waals surface area contributed by atoms with Gasteiger partial charge in [0.15, 0.2) is 4.80 Å². The molecule has 3 heterocycles. The standard InChI is InChI=1S/C23H20N2O4S/c1-3-28-22(27)20-15(2)24-23-25(18(20)12-11-16-8-5-4-6-9-16)21(26)19(30-23)14-17-10-7-13-29-17/h4-14,18H,3H2,1-2H3/b12-11-,19-14+/t18-/m0/s1. The molecule has 0 spiro atoms. The summed E-state index contributed by atoms with van der Waals surface area (Å²) in [5, 5.41) is 0. The van der Waals surface area contributed by atoms with E-state index >= 15 is 0 Å². The van der Waals surface area contributed by atoms with Crippen LogP contribution in [0.25, 0.3) is 12.2 Å². The Morgan fingerprint density at radius 2 is 2.07 bits per heavy atom. The van der Waals surface area contributed by atoms with Crippen LogP contribution in [0.2, 0.25) is 0 Å². The normalized spacial score (nSPS) is 16.6. The van der Waals surface area contributed by atoms with E-state index in [9.17, 15) is 9.59 Å². The van der Waals surface area contributed by atoms with Crippen molar-refractivity contribution in [3.8, 4) is 0 Å². The fourth-order valence-corrected chi connectivity index (χ4v) is 4.32. The second kappa shape index (κ2) is 8.51. The third-order valence-corrected chi connectivity index (χ3v) is 5.63. The largest absolute Gasteiger partial charge is 0.465 e. The van der Waals surface area contributed by atoms with E-state index in [0.29, 0.717) is 26.4 Å². The minimum Gasteiger partial charge on any atom is -0.465 e. The van der Waals surface area contributed by atoms with Gasteiger partial charge in [-0.3, -0.25) is 9.36 Å². The fourth-order valence-electron chi connectivity index (χ4n) is 3.29. The Kier molecular flexibility index (Phi) is 5.63. The highest BCUT2D eigenvalue weighted by Crippen LogP contribution is 2.26. The van der Waals surface area contributed by atoms with Gasteiger partial charge in [-0.15, -0.1) is 0 Å². The molecule has 0 saturated heterocycles. The summed E-state index contributed by atoms with van der Waals surface area (Å²) in [6, 6.07) is 12.6. The van der Waals surface area contributed by atoms with Crippen LogP contribution in [0.4, 0.5) is 0 Å². The predicted octanol–water partition coefficient (Wildman–Crippen LogP) is 3.06. The average Bonchev–Trinajstić information content (AvgIpc) is 3.35. The van der Waals surface area contributed by atoms with E-state index in [1.54, 1.807) is 38.3 Å². The fraction of sp³-hybridized carbons (Fsp3) is 0.174. The number of hydrogen-bond acceptors (Lipinski definition) is 6. The van der Waals surface area contributed by atoms with Gasteiger partial charge in [-0.2, -0.15) is 0 Å². The molecule has 3 aromatic rings. The lowest BCUT2D eigenvalue weighted by Gasteiger charge is -2.21. The van der Waals surface area contributed by atoms with Crippen molar-refractivity contribution in [1.82, 2.24) is 4.57 Å². The van der Waals surface area contributed by atoms with Gasteiger partial charge in [0.25, 0.3) is 5.56 Å². The molecule has 2 aromatic heterocycles. The molecule has 4 rings (SSSR count). The van der Waals surface area contributed by atoms with E-state index < -0.39 is 12.0 Å². The van der Waals surface area contributed by atoms with Gasteiger partial charge < -0.3 is 9.15 Å². The molecule has 0 saturated carbocycles. The molecule has 1 aliphatic heterocycles. The van der Waals surface area contributed by atoms with E-state index in [-0.39, 0.29) is 12.2 Å². The van der Waals surface area contributed by atoms with E-state index in [1.165, 1.54) is 15.9 Å². The van der Waals surface area contributed by atoms with Crippen molar-refractivity contribution in [3.05, 3.63) is 97.1 Å². The van der Waals surface area contributed by atoms with Crippen molar-refractivity contribution in [1.29, 1.82) is 0 Å². The Morgan fingerprint density at radius 1 is 1.27 bits per heavy atom. The van der Waals surface area contributed by atoms with Crippen molar-refractivity contribution < 1.29 is 13.9 Å². The molecule has 0 aliphatic carbocycles. The second-order valence-corrected chi connectivity index (χ2v) is 7.64. The number of fused-ring (bicyclic) bond motifs is 1. The van der Waals surface area contributed by atoms with Gasteiger partial charge in [0, 0.05) is 6.08 Å². The van der Waals surface area contributed by atoms with Crippen LogP contribution in [0.1, 0.15) is 31.2 Å². The molecule has 0 bridgehead atoms. The molecule has 1 atom stereocenters. The number of rotatable bonds is 5. The van der Waals surface area contributed by atoms with Gasteiger partial charge in [-0.05, 0) is 31.5 Å². The van der Waals surface area contributed by atoms with Gasteiger partial charge >= 0.3 is 5.97 Å². The number of carbonyl (C=O) groups excluding carboxylic acids is 1. The number of benzene rings is 1. The average molecular weight is 420 g/mol. The lowest BCUT2D eigenvalue weighted by molar-refractivity contribution is -0.139. The van der Waals surface area contributed by atoms with Gasteiger partial charge in [-0.25, -0.2) is 9.79 Å².